The van der Waals surface area contributed by atoms with Crippen LogP contribution in [0.15, 0.2) is 47.4 Å². The lowest BCUT2D eigenvalue weighted by Gasteiger charge is -2.36. The molecule has 1 fully saturated rings. The molecular formula is C19H20Cl2F6N2O2S. The van der Waals surface area contributed by atoms with E-state index < -0.39 is 23.7 Å². The van der Waals surface area contributed by atoms with Crippen molar-refractivity contribution >= 4 is 36.6 Å². The molecule has 4 nitrogen and oxygen atoms in total. The third-order valence-corrected chi connectivity index (χ3v) is 5.19. The molecule has 180 valence electrons. The van der Waals surface area contributed by atoms with Crippen molar-refractivity contribution in [3.63, 3.8) is 0 Å². The largest absolute Gasteiger partial charge is 0.573 e. The van der Waals surface area contributed by atoms with Crippen molar-refractivity contribution in [3.05, 3.63) is 53.6 Å². The standard InChI is InChI=1S/C19H18F6N2O2S.2ClH/c20-18(21,22)29-13-3-1-12(2-4-13)17(27-9-7-26-8-10-27)15-11-14(5-6-16(15)28)30-19(23,24)25;;/h1-6,11,17,26,28H,7-10H2;2*1H/t17-;;/m0../s1. The summed E-state index contributed by atoms with van der Waals surface area (Å²) >= 11 is -0.295. The van der Waals surface area contributed by atoms with Crippen molar-refractivity contribution in [1.29, 1.82) is 0 Å². The topological polar surface area (TPSA) is 44.7 Å². The molecule has 2 aromatic rings. The molecule has 0 amide bonds. The monoisotopic (exact) mass is 524 g/mol. The number of ether oxygens (including phenoxy) is 1. The molecule has 2 aromatic carbocycles. The molecule has 1 heterocycles. The van der Waals surface area contributed by atoms with Crippen molar-refractivity contribution in [1.82, 2.24) is 10.2 Å². The Morgan fingerprint density at radius 2 is 1.53 bits per heavy atom. The second kappa shape index (κ2) is 11.6. The first-order valence-corrected chi connectivity index (χ1v) is 9.73. The van der Waals surface area contributed by atoms with Crippen LogP contribution in [-0.4, -0.2) is 48.1 Å². The first-order valence-electron chi connectivity index (χ1n) is 8.91. The average Bonchev–Trinajstić information content (AvgIpc) is 2.64. The number of rotatable bonds is 5. The van der Waals surface area contributed by atoms with E-state index in [2.05, 4.69) is 10.1 Å². The van der Waals surface area contributed by atoms with Crippen LogP contribution in [0.4, 0.5) is 26.3 Å². The molecule has 2 N–H and O–H groups in total. The predicted molar refractivity (Wildman–Crippen MR) is 114 cm³/mol. The van der Waals surface area contributed by atoms with E-state index in [0.29, 0.717) is 31.7 Å². The highest BCUT2D eigenvalue weighted by molar-refractivity contribution is 8.00. The van der Waals surface area contributed by atoms with Gasteiger partial charge in [0.2, 0.25) is 0 Å². The molecule has 0 bridgehead atoms. The number of aromatic hydroxyl groups is 1. The summed E-state index contributed by atoms with van der Waals surface area (Å²) in [5.41, 5.74) is -3.72. The lowest BCUT2D eigenvalue weighted by atomic mass is 9.95. The van der Waals surface area contributed by atoms with E-state index in [9.17, 15) is 31.4 Å². The molecule has 0 spiro atoms. The number of alkyl halides is 6. The van der Waals surface area contributed by atoms with Gasteiger partial charge in [0, 0.05) is 36.6 Å². The summed E-state index contributed by atoms with van der Waals surface area (Å²) in [6.45, 7) is 2.34. The molecule has 0 unspecified atom stereocenters. The van der Waals surface area contributed by atoms with Gasteiger partial charge in [-0.05, 0) is 47.7 Å². The van der Waals surface area contributed by atoms with Gasteiger partial charge < -0.3 is 15.2 Å². The smallest absolute Gasteiger partial charge is 0.508 e. The van der Waals surface area contributed by atoms with Gasteiger partial charge in [-0.25, -0.2) is 0 Å². The normalized spacial score (nSPS) is 15.9. The van der Waals surface area contributed by atoms with E-state index in [0.717, 1.165) is 12.1 Å². The van der Waals surface area contributed by atoms with Gasteiger partial charge in [0.25, 0.3) is 0 Å². The number of nitrogens with zero attached hydrogens (tertiary/aromatic N) is 1. The fourth-order valence-corrected chi connectivity index (χ4v) is 3.92. The Hall–Kier alpha value is -1.53. The Morgan fingerprint density at radius 3 is 2.06 bits per heavy atom. The molecule has 0 aliphatic carbocycles. The van der Waals surface area contributed by atoms with Crippen molar-refractivity contribution in [3.8, 4) is 11.5 Å². The van der Waals surface area contributed by atoms with Crippen molar-refractivity contribution in [2.75, 3.05) is 26.2 Å². The average molecular weight is 525 g/mol. The minimum absolute atomic E-state index is 0. The van der Waals surface area contributed by atoms with E-state index in [1.807, 2.05) is 4.90 Å². The van der Waals surface area contributed by atoms with Crippen LogP contribution in [0.3, 0.4) is 0 Å². The maximum absolute atomic E-state index is 12.8. The SMILES string of the molecule is Cl.Cl.Oc1ccc(SC(F)(F)F)cc1[C@H](c1ccc(OC(F)(F)F)cc1)N1CCNCC1. The van der Waals surface area contributed by atoms with Crippen molar-refractivity contribution in [2.45, 2.75) is 22.8 Å². The first kappa shape index (κ1) is 28.5. The third kappa shape index (κ3) is 8.11. The lowest BCUT2D eigenvalue weighted by Crippen LogP contribution is -2.45. The van der Waals surface area contributed by atoms with Gasteiger partial charge in [-0.1, -0.05) is 12.1 Å². The van der Waals surface area contributed by atoms with Crippen LogP contribution in [0, 0.1) is 0 Å². The van der Waals surface area contributed by atoms with E-state index in [-0.39, 0.29) is 52.8 Å². The highest BCUT2D eigenvalue weighted by atomic mass is 35.5. The number of halogens is 8. The van der Waals surface area contributed by atoms with Crippen LogP contribution >= 0.6 is 36.6 Å². The molecule has 32 heavy (non-hydrogen) atoms. The van der Waals surface area contributed by atoms with Gasteiger partial charge in [0.1, 0.15) is 11.5 Å². The Morgan fingerprint density at radius 1 is 0.938 bits per heavy atom. The number of nitrogens with one attached hydrogen (secondary N) is 1. The number of piperazine rings is 1. The summed E-state index contributed by atoms with van der Waals surface area (Å²) in [4.78, 5) is 1.86. The second-order valence-electron chi connectivity index (χ2n) is 6.57. The number of thioether (sulfide) groups is 1. The zero-order chi connectivity index (χ0) is 21.9. The van der Waals surface area contributed by atoms with Gasteiger partial charge in [0.05, 0.1) is 6.04 Å². The number of hydrogen-bond acceptors (Lipinski definition) is 5. The minimum Gasteiger partial charge on any atom is -0.508 e. The van der Waals surface area contributed by atoms with Gasteiger partial charge in [-0.2, -0.15) is 13.2 Å². The van der Waals surface area contributed by atoms with E-state index in [4.69, 9.17) is 0 Å². The molecule has 0 saturated carbocycles. The summed E-state index contributed by atoms with van der Waals surface area (Å²) in [7, 11) is 0. The first-order chi connectivity index (χ1) is 14.0. The second-order valence-corrected chi connectivity index (χ2v) is 7.71. The van der Waals surface area contributed by atoms with E-state index in [1.165, 1.54) is 30.3 Å². The van der Waals surface area contributed by atoms with Gasteiger partial charge in [0.15, 0.2) is 0 Å². The Balaban J connectivity index is 0.00000256. The summed E-state index contributed by atoms with van der Waals surface area (Å²) in [6, 6.07) is 8.10. The number of benzene rings is 2. The fraction of sp³-hybridized carbons (Fsp3) is 0.368. The maximum Gasteiger partial charge on any atom is 0.573 e. The highest BCUT2D eigenvalue weighted by Gasteiger charge is 2.33. The van der Waals surface area contributed by atoms with Gasteiger partial charge >= 0.3 is 11.9 Å². The summed E-state index contributed by atoms with van der Waals surface area (Å²) in [6.07, 6.45) is -4.83. The van der Waals surface area contributed by atoms with E-state index >= 15 is 0 Å². The van der Waals surface area contributed by atoms with Crippen molar-refractivity contribution < 1.29 is 36.2 Å². The van der Waals surface area contributed by atoms with Crippen LogP contribution in [0.2, 0.25) is 0 Å². The molecule has 0 radical (unpaired) electrons. The highest BCUT2D eigenvalue weighted by Crippen LogP contribution is 2.42. The number of hydrogen-bond donors (Lipinski definition) is 2. The Kier molecular flexibility index (Phi) is 10.3. The number of phenolic OH excluding ortho intramolecular Hbond substituents is 1. The van der Waals surface area contributed by atoms with Crippen LogP contribution in [0.1, 0.15) is 17.2 Å². The van der Waals surface area contributed by atoms with Crippen LogP contribution < -0.4 is 10.1 Å². The molecule has 1 aliphatic rings. The van der Waals surface area contributed by atoms with Gasteiger partial charge in [-0.15, -0.1) is 38.0 Å². The summed E-state index contributed by atoms with van der Waals surface area (Å²) in [5, 5.41) is 13.6. The summed E-state index contributed by atoms with van der Waals surface area (Å²) < 4.78 is 79.6. The maximum atomic E-state index is 12.8. The summed E-state index contributed by atoms with van der Waals surface area (Å²) in [5.74, 6) is -0.600. The Labute approximate surface area is 197 Å². The quantitative estimate of drug-likeness (QED) is 0.385. The Bertz CT molecular complexity index is 862. The van der Waals surface area contributed by atoms with Crippen LogP contribution in [0.25, 0.3) is 0 Å². The molecule has 1 atom stereocenters. The van der Waals surface area contributed by atoms with Crippen molar-refractivity contribution in [2.24, 2.45) is 0 Å². The molecular weight excluding hydrogens is 505 g/mol. The molecule has 0 aromatic heterocycles. The lowest BCUT2D eigenvalue weighted by molar-refractivity contribution is -0.274. The van der Waals surface area contributed by atoms with Gasteiger partial charge in [-0.3, -0.25) is 4.90 Å². The molecule has 1 aliphatic heterocycles. The number of phenols is 1. The van der Waals surface area contributed by atoms with E-state index in [1.54, 1.807) is 0 Å². The molecule has 3 rings (SSSR count). The fourth-order valence-electron chi connectivity index (χ4n) is 3.33. The van der Waals surface area contributed by atoms with Crippen LogP contribution in [0.5, 0.6) is 11.5 Å². The zero-order valence-electron chi connectivity index (χ0n) is 16.2. The third-order valence-electron chi connectivity index (χ3n) is 4.47. The minimum atomic E-state index is -4.83. The molecule has 1 saturated heterocycles. The predicted octanol–water partition coefficient (Wildman–Crippen LogP) is 5.74. The van der Waals surface area contributed by atoms with Crippen LogP contribution in [-0.2, 0) is 0 Å². The molecule has 13 heteroatoms. The zero-order valence-corrected chi connectivity index (χ0v) is 18.7.